The molecule has 0 spiro atoms. The molecule has 1 N–H and O–H groups in total. The third kappa shape index (κ3) is 6.51. The predicted molar refractivity (Wildman–Crippen MR) is 45.8 cm³/mol. The fourth-order valence-electron chi connectivity index (χ4n) is 0.348. The van der Waals surface area contributed by atoms with Crippen molar-refractivity contribution in [3.05, 3.63) is 0 Å². The molecule has 0 aliphatic carbocycles. The number of halogens is 1. The van der Waals surface area contributed by atoms with Gasteiger partial charge in [-0.2, -0.15) is 0 Å². The minimum atomic E-state index is -3.00. The second-order valence-corrected chi connectivity index (χ2v) is 4.86. The van der Waals surface area contributed by atoms with Crippen LogP contribution in [-0.4, -0.2) is 26.5 Å². The molecule has 3 nitrogen and oxygen atoms in total. The minimum absolute atomic E-state index is 0.342. The van der Waals surface area contributed by atoms with Gasteiger partial charge in [0.05, 0.1) is 6.26 Å². The summed E-state index contributed by atoms with van der Waals surface area (Å²) in [5, 5.41) is 0.815. The predicted octanol–water partition coefficient (Wildman–Crippen LogP) is 0.567. The lowest BCUT2D eigenvalue weighted by Crippen LogP contribution is -2.27. The maximum Gasteiger partial charge on any atom is 0.208 e. The molecule has 0 rings (SSSR count). The third-order valence-electron chi connectivity index (χ3n) is 0.957. The Kier molecular flexibility index (Phi) is 4.47. The van der Waals surface area contributed by atoms with Gasteiger partial charge < -0.3 is 0 Å². The smallest absolute Gasteiger partial charge is 0.208 e. The Bertz CT molecular complexity index is 178. The average molecular weight is 230 g/mol. The van der Waals surface area contributed by atoms with Crippen molar-refractivity contribution in [2.45, 2.75) is 6.92 Å². The van der Waals surface area contributed by atoms with E-state index in [1.165, 1.54) is 0 Å². The molecule has 0 aromatic rings. The van der Waals surface area contributed by atoms with Crippen molar-refractivity contribution < 1.29 is 8.42 Å². The van der Waals surface area contributed by atoms with Gasteiger partial charge in [0.15, 0.2) is 0 Å². The molecule has 0 saturated carbocycles. The lowest BCUT2D eigenvalue weighted by atomic mass is 10.2. The number of alkyl halides is 1. The van der Waals surface area contributed by atoms with Gasteiger partial charge >= 0.3 is 0 Å². The highest BCUT2D eigenvalue weighted by Gasteiger charge is 2.03. The van der Waals surface area contributed by atoms with Crippen molar-refractivity contribution in [1.29, 1.82) is 0 Å². The first-order valence-electron chi connectivity index (χ1n) is 2.96. The lowest BCUT2D eigenvalue weighted by Gasteiger charge is -2.06. The van der Waals surface area contributed by atoms with Gasteiger partial charge in [0, 0.05) is 11.9 Å². The molecule has 0 aliphatic heterocycles. The summed E-state index contributed by atoms with van der Waals surface area (Å²) < 4.78 is 23.5. The molecular formula is C5H12BrNO2S. The van der Waals surface area contributed by atoms with E-state index in [4.69, 9.17) is 0 Å². The van der Waals surface area contributed by atoms with Crippen molar-refractivity contribution in [1.82, 2.24) is 4.72 Å². The van der Waals surface area contributed by atoms with Gasteiger partial charge in [0.1, 0.15) is 0 Å². The van der Waals surface area contributed by atoms with Crippen LogP contribution in [0.1, 0.15) is 6.92 Å². The van der Waals surface area contributed by atoms with Crippen molar-refractivity contribution in [3.8, 4) is 0 Å². The molecular weight excluding hydrogens is 218 g/mol. The highest BCUT2D eigenvalue weighted by Crippen LogP contribution is 1.97. The van der Waals surface area contributed by atoms with Crippen LogP contribution in [0, 0.1) is 5.92 Å². The second-order valence-electron chi connectivity index (χ2n) is 2.38. The molecule has 5 heteroatoms. The van der Waals surface area contributed by atoms with E-state index in [2.05, 4.69) is 20.7 Å². The minimum Gasteiger partial charge on any atom is -0.215 e. The molecule has 0 fully saturated rings. The van der Waals surface area contributed by atoms with Crippen molar-refractivity contribution in [3.63, 3.8) is 0 Å². The zero-order chi connectivity index (χ0) is 8.20. The largest absolute Gasteiger partial charge is 0.215 e. The van der Waals surface area contributed by atoms with E-state index < -0.39 is 10.0 Å². The number of hydrogen-bond acceptors (Lipinski definition) is 2. The van der Waals surface area contributed by atoms with Crippen LogP contribution in [-0.2, 0) is 10.0 Å². The van der Waals surface area contributed by atoms with Crippen LogP contribution in [0.3, 0.4) is 0 Å². The van der Waals surface area contributed by atoms with Crippen LogP contribution >= 0.6 is 15.9 Å². The Balaban J connectivity index is 3.56. The Morgan fingerprint density at radius 1 is 1.60 bits per heavy atom. The van der Waals surface area contributed by atoms with E-state index in [0.29, 0.717) is 12.5 Å². The SMILES string of the molecule is CC(CBr)CNS(C)(=O)=O. The van der Waals surface area contributed by atoms with Crippen LogP contribution < -0.4 is 4.72 Å². The Morgan fingerprint density at radius 3 is 2.40 bits per heavy atom. The maximum atomic E-state index is 10.5. The van der Waals surface area contributed by atoms with Gasteiger partial charge in [-0.15, -0.1) is 0 Å². The van der Waals surface area contributed by atoms with Gasteiger partial charge in [-0.1, -0.05) is 22.9 Å². The number of hydrogen-bond donors (Lipinski definition) is 1. The fraction of sp³-hybridized carbons (Fsp3) is 1.00. The molecule has 0 aromatic carbocycles. The van der Waals surface area contributed by atoms with Crippen molar-refractivity contribution in [2.75, 3.05) is 18.1 Å². The molecule has 62 valence electrons. The van der Waals surface area contributed by atoms with Crippen LogP contribution in [0.15, 0.2) is 0 Å². The number of nitrogens with one attached hydrogen (secondary N) is 1. The first-order chi connectivity index (χ1) is 4.45. The van der Waals surface area contributed by atoms with E-state index in [1.54, 1.807) is 0 Å². The Morgan fingerprint density at radius 2 is 2.10 bits per heavy atom. The number of sulfonamides is 1. The lowest BCUT2D eigenvalue weighted by molar-refractivity contribution is 0.569. The van der Waals surface area contributed by atoms with Gasteiger partial charge in [0.25, 0.3) is 0 Å². The van der Waals surface area contributed by atoms with Gasteiger partial charge in [-0.25, -0.2) is 13.1 Å². The molecule has 0 radical (unpaired) electrons. The van der Waals surface area contributed by atoms with E-state index in [0.717, 1.165) is 11.6 Å². The summed E-state index contributed by atoms with van der Waals surface area (Å²) in [5.41, 5.74) is 0. The molecule has 0 aliphatic rings. The summed E-state index contributed by atoms with van der Waals surface area (Å²) in [5.74, 6) is 0.342. The summed E-state index contributed by atoms with van der Waals surface area (Å²) in [6.45, 7) is 2.47. The molecule has 0 heterocycles. The van der Waals surface area contributed by atoms with Crippen LogP contribution in [0.5, 0.6) is 0 Å². The summed E-state index contributed by atoms with van der Waals surface area (Å²) in [7, 11) is -3.00. The zero-order valence-corrected chi connectivity index (χ0v) is 8.50. The van der Waals surface area contributed by atoms with Gasteiger partial charge in [-0.3, -0.25) is 0 Å². The van der Waals surface area contributed by atoms with Crippen molar-refractivity contribution >= 4 is 26.0 Å². The second kappa shape index (κ2) is 4.31. The normalized spacial score (nSPS) is 15.1. The highest BCUT2D eigenvalue weighted by atomic mass is 79.9. The first kappa shape index (κ1) is 10.4. The molecule has 0 amide bonds. The topological polar surface area (TPSA) is 46.2 Å². The summed E-state index contributed by atoms with van der Waals surface area (Å²) >= 11 is 3.25. The first-order valence-corrected chi connectivity index (χ1v) is 5.97. The van der Waals surface area contributed by atoms with E-state index in [9.17, 15) is 8.42 Å². The average Bonchev–Trinajstić information content (AvgIpc) is 1.81. The fourth-order valence-corrected chi connectivity index (χ4v) is 1.16. The zero-order valence-electron chi connectivity index (χ0n) is 6.09. The Labute approximate surface area is 70.4 Å². The summed E-state index contributed by atoms with van der Waals surface area (Å²) in [6, 6.07) is 0. The molecule has 1 unspecified atom stereocenters. The van der Waals surface area contributed by atoms with E-state index in [-0.39, 0.29) is 0 Å². The molecule has 0 aromatic heterocycles. The molecule has 0 bridgehead atoms. The Hall–Kier alpha value is 0.390. The van der Waals surface area contributed by atoms with Gasteiger partial charge in [0.2, 0.25) is 10.0 Å². The molecule has 1 atom stereocenters. The van der Waals surface area contributed by atoms with Crippen LogP contribution in [0.4, 0.5) is 0 Å². The van der Waals surface area contributed by atoms with Crippen molar-refractivity contribution in [2.24, 2.45) is 5.92 Å². The molecule has 10 heavy (non-hydrogen) atoms. The van der Waals surface area contributed by atoms with E-state index >= 15 is 0 Å². The third-order valence-corrected chi connectivity index (χ3v) is 2.75. The van der Waals surface area contributed by atoms with Crippen LogP contribution in [0.25, 0.3) is 0 Å². The molecule has 0 saturated heterocycles. The highest BCUT2D eigenvalue weighted by molar-refractivity contribution is 9.09. The van der Waals surface area contributed by atoms with Gasteiger partial charge in [-0.05, 0) is 5.92 Å². The standard InChI is InChI=1S/C5H12BrNO2S/c1-5(3-6)4-7-10(2,8)9/h5,7H,3-4H2,1-2H3. The quantitative estimate of drug-likeness (QED) is 0.717. The van der Waals surface area contributed by atoms with E-state index in [1.807, 2.05) is 6.92 Å². The summed E-state index contributed by atoms with van der Waals surface area (Å²) in [6.07, 6.45) is 1.16. The van der Waals surface area contributed by atoms with Crippen LogP contribution in [0.2, 0.25) is 0 Å². The summed E-state index contributed by atoms with van der Waals surface area (Å²) in [4.78, 5) is 0. The number of rotatable bonds is 4. The monoisotopic (exact) mass is 229 g/mol. The maximum absolute atomic E-state index is 10.5.